The summed E-state index contributed by atoms with van der Waals surface area (Å²) < 4.78 is 0. The van der Waals surface area contributed by atoms with Crippen LogP contribution in [-0.2, 0) is 0 Å². The summed E-state index contributed by atoms with van der Waals surface area (Å²) in [6, 6.07) is 5.98. The van der Waals surface area contributed by atoms with Crippen molar-refractivity contribution >= 4 is 34.5 Å². The van der Waals surface area contributed by atoms with Gasteiger partial charge in [0.05, 0.1) is 5.02 Å². The molecule has 0 bridgehead atoms. The number of rotatable bonds is 8. The molecule has 118 valence electrons. The lowest BCUT2D eigenvalue weighted by molar-refractivity contribution is 0.535. The molecule has 2 N–H and O–H groups in total. The van der Waals surface area contributed by atoms with Gasteiger partial charge in [-0.3, -0.25) is 0 Å². The van der Waals surface area contributed by atoms with Crippen LogP contribution in [-0.4, -0.2) is 18.1 Å². The summed E-state index contributed by atoms with van der Waals surface area (Å²) in [5.74, 6) is 1.39. The molecule has 0 aromatic heterocycles. The van der Waals surface area contributed by atoms with Crippen LogP contribution in [0, 0.1) is 11.8 Å². The van der Waals surface area contributed by atoms with Crippen molar-refractivity contribution in [3.8, 4) is 0 Å². The molecule has 0 fully saturated rings. The molecule has 0 aliphatic heterocycles. The van der Waals surface area contributed by atoms with E-state index in [2.05, 4.69) is 38.7 Å². The molecule has 0 saturated carbocycles. The third kappa shape index (κ3) is 6.23. The fraction of sp³-hybridized carbons (Fsp3) is 0.588. The Bertz CT molecular complexity index is 460. The van der Waals surface area contributed by atoms with Crippen LogP contribution < -0.4 is 10.6 Å². The number of hydrogen-bond acceptors (Lipinski definition) is 2. The Morgan fingerprint density at radius 1 is 1.14 bits per heavy atom. The minimum Gasteiger partial charge on any atom is -0.389 e. The maximum absolute atomic E-state index is 6.30. The Kier molecular flexibility index (Phi) is 7.47. The number of nitrogens with two attached hydrogens (primary N) is 1. The van der Waals surface area contributed by atoms with Crippen LogP contribution in [0.1, 0.15) is 46.1 Å². The number of hydrogen-bond donors (Lipinski definition) is 1. The maximum Gasteiger partial charge on any atom is 0.105 e. The summed E-state index contributed by atoms with van der Waals surface area (Å²) in [4.78, 5) is 2.76. The first-order chi connectivity index (χ1) is 9.81. The van der Waals surface area contributed by atoms with Gasteiger partial charge in [0.15, 0.2) is 0 Å². The minimum absolute atomic E-state index is 0.350. The second-order valence-electron chi connectivity index (χ2n) is 6.38. The molecule has 0 spiro atoms. The van der Waals surface area contributed by atoms with Crippen molar-refractivity contribution in [2.45, 2.75) is 40.5 Å². The Morgan fingerprint density at radius 3 is 2.05 bits per heavy atom. The molecule has 2 nitrogen and oxygen atoms in total. The highest BCUT2D eigenvalue weighted by molar-refractivity contribution is 7.80. The quantitative estimate of drug-likeness (QED) is 0.691. The number of nitrogens with zero attached hydrogens (tertiary/aromatic N) is 1. The highest BCUT2D eigenvalue weighted by atomic mass is 35.5. The molecular weight excluding hydrogens is 300 g/mol. The van der Waals surface area contributed by atoms with Crippen LogP contribution in [0.3, 0.4) is 0 Å². The van der Waals surface area contributed by atoms with Crippen molar-refractivity contribution in [3.63, 3.8) is 0 Å². The van der Waals surface area contributed by atoms with Crippen molar-refractivity contribution in [1.82, 2.24) is 0 Å². The molecule has 0 saturated heterocycles. The standard InChI is InChI=1S/C17H27ClN2S/c1-12(2)7-9-20(10-8-13(3)4)14-5-6-15(17(19)21)16(18)11-14/h5-6,11-13H,7-10H2,1-4H3,(H2,19,21). The third-order valence-corrected chi connectivity index (χ3v) is 4.07. The SMILES string of the molecule is CC(C)CCN(CCC(C)C)c1ccc(C(N)=S)c(Cl)c1. The Morgan fingerprint density at radius 2 is 1.67 bits per heavy atom. The van der Waals surface area contributed by atoms with Gasteiger partial charge in [0, 0.05) is 24.3 Å². The van der Waals surface area contributed by atoms with E-state index in [9.17, 15) is 0 Å². The van der Waals surface area contributed by atoms with E-state index in [-0.39, 0.29) is 0 Å². The molecule has 0 heterocycles. The minimum atomic E-state index is 0.350. The molecule has 1 aromatic carbocycles. The zero-order valence-electron chi connectivity index (χ0n) is 13.5. The molecule has 0 radical (unpaired) electrons. The molecule has 21 heavy (non-hydrogen) atoms. The molecular formula is C17H27ClN2S. The van der Waals surface area contributed by atoms with Gasteiger partial charge in [0.25, 0.3) is 0 Å². The number of halogens is 1. The van der Waals surface area contributed by atoms with E-state index in [1.165, 1.54) is 12.8 Å². The number of anilines is 1. The Labute approximate surface area is 139 Å². The first-order valence-electron chi connectivity index (χ1n) is 7.65. The lowest BCUT2D eigenvalue weighted by Crippen LogP contribution is -2.27. The lowest BCUT2D eigenvalue weighted by atomic mass is 10.1. The maximum atomic E-state index is 6.30. The molecule has 1 rings (SSSR count). The summed E-state index contributed by atoms with van der Waals surface area (Å²) >= 11 is 11.3. The van der Waals surface area contributed by atoms with E-state index in [0.717, 1.165) is 24.3 Å². The molecule has 0 aliphatic rings. The summed E-state index contributed by atoms with van der Waals surface area (Å²) in [5.41, 5.74) is 7.58. The first kappa shape index (κ1) is 18.2. The van der Waals surface area contributed by atoms with Gasteiger partial charge in [-0.05, 0) is 42.9 Å². The van der Waals surface area contributed by atoms with Gasteiger partial charge in [0.2, 0.25) is 0 Å². The summed E-state index contributed by atoms with van der Waals surface area (Å²) in [6.07, 6.45) is 2.35. The van der Waals surface area contributed by atoms with Crippen LogP contribution >= 0.6 is 23.8 Å². The monoisotopic (exact) mass is 326 g/mol. The van der Waals surface area contributed by atoms with E-state index >= 15 is 0 Å². The summed E-state index contributed by atoms with van der Waals surface area (Å²) in [7, 11) is 0. The van der Waals surface area contributed by atoms with Gasteiger partial charge in [-0.2, -0.15) is 0 Å². The second-order valence-corrected chi connectivity index (χ2v) is 7.23. The van der Waals surface area contributed by atoms with E-state index in [4.69, 9.17) is 29.6 Å². The average molecular weight is 327 g/mol. The van der Waals surface area contributed by atoms with E-state index in [1.54, 1.807) is 0 Å². The molecule has 0 atom stereocenters. The summed E-state index contributed by atoms with van der Waals surface area (Å²) in [5, 5.41) is 0.638. The highest BCUT2D eigenvalue weighted by Gasteiger charge is 2.11. The van der Waals surface area contributed by atoms with Gasteiger partial charge >= 0.3 is 0 Å². The fourth-order valence-electron chi connectivity index (χ4n) is 2.10. The fourth-order valence-corrected chi connectivity index (χ4v) is 2.61. The first-order valence-corrected chi connectivity index (χ1v) is 8.44. The molecule has 0 aliphatic carbocycles. The van der Waals surface area contributed by atoms with Crippen molar-refractivity contribution in [3.05, 3.63) is 28.8 Å². The lowest BCUT2D eigenvalue weighted by Gasteiger charge is -2.27. The number of benzene rings is 1. The molecule has 0 amide bonds. The van der Waals surface area contributed by atoms with Crippen LogP contribution in [0.2, 0.25) is 5.02 Å². The zero-order chi connectivity index (χ0) is 16.0. The predicted octanol–water partition coefficient (Wildman–Crippen LogP) is 4.87. The molecule has 1 aromatic rings. The van der Waals surface area contributed by atoms with Crippen molar-refractivity contribution in [2.75, 3.05) is 18.0 Å². The van der Waals surface area contributed by atoms with Crippen molar-refractivity contribution in [2.24, 2.45) is 17.6 Å². The Balaban J connectivity index is 2.90. The van der Waals surface area contributed by atoms with Gasteiger partial charge in [-0.15, -0.1) is 0 Å². The van der Waals surface area contributed by atoms with Gasteiger partial charge in [-0.25, -0.2) is 0 Å². The van der Waals surface area contributed by atoms with Crippen LogP contribution in [0.4, 0.5) is 5.69 Å². The second kappa shape index (κ2) is 8.60. The molecule has 4 heteroatoms. The topological polar surface area (TPSA) is 29.3 Å². The van der Waals surface area contributed by atoms with E-state index in [1.807, 2.05) is 12.1 Å². The smallest absolute Gasteiger partial charge is 0.105 e. The summed E-state index contributed by atoms with van der Waals surface area (Å²) in [6.45, 7) is 11.1. The van der Waals surface area contributed by atoms with Crippen LogP contribution in [0.25, 0.3) is 0 Å². The largest absolute Gasteiger partial charge is 0.389 e. The zero-order valence-corrected chi connectivity index (χ0v) is 15.1. The average Bonchev–Trinajstić information content (AvgIpc) is 2.37. The highest BCUT2D eigenvalue weighted by Crippen LogP contribution is 2.25. The van der Waals surface area contributed by atoms with Crippen molar-refractivity contribution < 1.29 is 0 Å². The normalized spacial score (nSPS) is 11.2. The Hall–Kier alpha value is -0.800. The van der Waals surface area contributed by atoms with Crippen molar-refractivity contribution in [1.29, 1.82) is 0 Å². The van der Waals surface area contributed by atoms with Gasteiger partial charge in [0.1, 0.15) is 4.99 Å². The van der Waals surface area contributed by atoms with Gasteiger partial charge in [-0.1, -0.05) is 51.5 Å². The van der Waals surface area contributed by atoms with Crippen LogP contribution in [0.5, 0.6) is 0 Å². The third-order valence-electron chi connectivity index (χ3n) is 3.54. The van der Waals surface area contributed by atoms with Gasteiger partial charge < -0.3 is 10.6 Å². The number of thiocarbonyl (C=S) groups is 1. The predicted molar refractivity (Wildman–Crippen MR) is 98.5 cm³/mol. The van der Waals surface area contributed by atoms with E-state index < -0.39 is 0 Å². The van der Waals surface area contributed by atoms with E-state index in [0.29, 0.717) is 21.8 Å². The molecule has 0 unspecified atom stereocenters. The van der Waals surface area contributed by atoms with Crippen LogP contribution in [0.15, 0.2) is 18.2 Å².